The molecule has 160 valence electrons. The quantitative estimate of drug-likeness (QED) is 0.558. The van der Waals surface area contributed by atoms with Crippen molar-refractivity contribution in [1.29, 1.82) is 5.26 Å². The number of nitriles is 1. The standard InChI is InChI=1S/C24H20N4O3S/c1-31-16-11-9-15(10-12-16)20-18(13-25)22(26)32-21(20)23(29)28-24(30)27-19-8-4-6-14-5-2-3-7-17(14)19/h2-12,20-21H,26H2,1H3,(H2,27,28,29,30)/t20-,21-/m1/s1. The number of benzene rings is 3. The zero-order valence-corrected chi connectivity index (χ0v) is 18.0. The third-order valence-corrected chi connectivity index (χ3v) is 6.48. The fourth-order valence-corrected chi connectivity index (χ4v) is 4.89. The van der Waals surface area contributed by atoms with E-state index in [-0.39, 0.29) is 5.03 Å². The highest BCUT2D eigenvalue weighted by molar-refractivity contribution is 8.04. The van der Waals surface area contributed by atoms with Gasteiger partial charge >= 0.3 is 6.03 Å². The van der Waals surface area contributed by atoms with Crippen molar-refractivity contribution in [2.45, 2.75) is 11.2 Å². The molecule has 0 aliphatic carbocycles. The van der Waals surface area contributed by atoms with Crippen molar-refractivity contribution in [1.82, 2.24) is 5.32 Å². The van der Waals surface area contributed by atoms with Gasteiger partial charge in [-0.3, -0.25) is 10.1 Å². The molecule has 0 radical (unpaired) electrons. The van der Waals surface area contributed by atoms with E-state index in [1.165, 1.54) is 0 Å². The molecule has 4 N–H and O–H groups in total. The van der Waals surface area contributed by atoms with Crippen molar-refractivity contribution in [3.8, 4) is 11.8 Å². The van der Waals surface area contributed by atoms with E-state index in [4.69, 9.17) is 10.5 Å². The van der Waals surface area contributed by atoms with Crippen molar-refractivity contribution in [3.05, 3.63) is 82.9 Å². The molecular formula is C24H20N4O3S. The Kier molecular flexibility index (Phi) is 6.01. The number of imide groups is 1. The van der Waals surface area contributed by atoms with Gasteiger partial charge in [0.1, 0.15) is 11.0 Å². The van der Waals surface area contributed by atoms with Crippen molar-refractivity contribution in [2.24, 2.45) is 5.73 Å². The van der Waals surface area contributed by atoms with E-state index >= 15 is 0 Å². The maximum Gasteiger partial charge on any atom is 0.325 e. The minimum atomic E-state index is -0.753. The van der Waals surface area contributed by atoms with Crippen LogP contribution >= 0.6 is 11.8 Å². The summed E-state index contributed by atoms with van der Waals surface area (Å²) in [5, 5.41) is 16.1. The first-order valence-electron chi connectivity index (χ1n) is 9.81. The fourth-order valence-electron chi connectivity index (χ4n) is 3.73. The van der Waals surface area contributed by atoms with E-state index < -0.39 is 23.1 Å². The Hall–Kier alpha value is -3.96. The summed E-state index contributed by atoms with van der Waals surface area (Å²) >= 11 is 1.08. The van der Waals surface area contributed by atoms with Gasteiger partial charge in [0, 0.05) is 11.3 Å². The lowest BCUT2D eigenvalue weighted by Crippen LogP contribution is -2.41. The molecule has 0 saturated heterocycles. The molecule has 0 saturated carbocycles. The second-order valence-electron chi connectivity index (χ2n) is 7.15. The first-order chi connectivity index (χ1) is 15.5. The molecule has 3 aromatic carbocycles. The Labute approximate surface area is 189 Å². The minimum Gasteiger partial charge on any atom is -0.497 e. The maximum atomic E-state index is 13.0. The smallest absolute Gasteiger partial charge is 0.325 e. The van der Waals surface area contributed by atoms with Gasteiger partial charge in [0.15, 0.2) is 0 Å². The average molecular weight is 445 g/mol. The molecule has 2 atom stereocenters. The third kappa shape index (κ3) is 4.11. The summed E-state index contributed by atoms with van der Waals surface area (Å²) in [6.07, 6.45) is 0. The molecule has 0 fully saturated rings. The molecule has 0 unspecified atom stereocenters. The Balaban J connectivity index is 1.53. The van der Waals surface area contributed by atoms with E-state index in [2.05, 4.69) is 16.7 Å². The average Bonchev–Trinajstić information content (AvgIpc) is 3.15. The second-order valence-corrected chi connectivity index (χ2v) is 8.33. The van der Waals surface area contributed by atoms with Crippen molar-refractivity contribution in [2.75, 3.05) is 12.4 Å². The van der Waals surface area contributed by atoms with Gasteiger partial charge in [-0.1, -0.05) is 60.3 Å². The lowest BCUT2D eigenvalue weighted by Gasteiger charge is -2.19. The molecule has 3 aromatic rings. The van der Waals surface area contributed by atoms with Gasteiger partial charge in [-0.05, 0) is 29.1 Å². The summed E-state index contributed by atoms with van der Waals surface area (Å²) in [6.45, 7) is 0. The van der Waals surface area contributed by atoms with Crippen molar-refractivity contribution in [3.63, 3.8) is 0 Å². The van der Waals surface area contributed by atoms with Gasteiger partial charge in [0.2, 0.25) is 5.91 Å². The van der Waals surface area contributed by atoms with Crippen LogP contribution in [0.2, 0.25) is 0 Å². The number of hydrogen-bond acceptors (Lipinski definition) is 6. The molecule has 7 nitrogen and oxygen atoms in total. The predicted octanol–water partition coefficient (Wildman–Crippen LogP) is 4.09. The number of nitrogens with two attached hydrogens (primary N) is 1. The molecule has 0 aromatic heterocycles. The Morgan fingerprint density at radius 3 is 2.50 bits per heavy atom. The molecule has 0 bridgehead atoms. The molecule has 3 amide bonds. The zero-order chi connectivity index (χ0) is 22.7. The summed E-state index contributed by atoms with van der Waals surface area (Å²) in [7, 11) is 1.56. The van der Waals surface area contributed by atoms with Gasteiger partial charge < -0.3 is 15.8 Å². The van der Waals surface area contributed by atoms with Crippen LogP contribution in [0.5, 0.6) is 5.75 Å². The molecular weight excluding hydrogens is 424 g/mol. The van der Waals surface area contributed by atoms with E-state index in [0.717, 1.165) is 28.1 Å². The largest absolute Gasteiger partial charge is 0.497 e. The number of hydrogen-bond donors (Lipinski definition) is 3. The number of anilines is 1. The SMILES string of the molecule is COc1ccc([C@@H]2C(C#N)=C(N)S[C@H]2C(=O)NC(=O)Nc2cccc3ccccc23)cc1. The third-order valence-electron chi connectivity index (χ3n) is 5.26. The van der Waals surface area contributed by atoms with E-state index in [9.17, 15) is 14.9 Å². The number of nitrogens with one attached hydrogen (secondary N) is 2. The normalized spacial score (nSPS) is 17.6. The topological polar surface area (TPSA) is 117 Å². The Bertz CT molecular complexity index is 1260. The molecule has 0 spiro atoms. The number of amides is 3. The lowest BCUT2D eigenvalue weighted by atomic mass is 9.88. The number of allylic oxidation sites excluding steroid dienone is 1. The number of fused-ring (bicyclic) bond motifs is 1. The first kappa shape index (κ1) is 21.3. The maximum absolute atomic E-state index is 13.0. The summed E-state index contributed by atoms with van der Waals surface area (Å²) in [5.74, 6) is -0.437. The van der Waals surface area contributed by atoms with Crippen molar-refractivity contribution < 1.29 is 14.3 Å². The number of methoxy groups -OCH3 is 1. The van der Waals surface area contributed by atoms with Gasteiger partial charge in [0.05, 0.1) is 29.5 Å². The van der Waals surface area contributed by atoms with Crippen LogP contribution in [0.25, 0.3) is 10.8 Å². The van der Waals surface area contributed by atoms with Crippen LogP contribution < -0.4 is 21.1 Å². The van der Waals surface area contributed by atoms with Crippen LogP contribution in [0.3, 0.4) is 0 Å². The van der Waals surface area contributed by atoms with E-state index in [1.807, 2.05) is 36.4 Å². The first-order valence-corrected chi connectivity index (χ1v) is 10.7. The van der Waals surface area contributed by atoms with Crippen LogP contribution in [0.15, 0.2) is 77.3 Å². The number of thioether (sulfide) groups is 1. The second kappa shape index (κ2) is 9.04. The zero-order valence-electron chi connectivity index (χ0n) is 17.2. The number of rotatable bonds is 4. The molecule has 1 heterocycles. The van der Waals surface area contributed by atoms with Crippen LogP contribution in [0.4, 0.5) is 10.5 Å². The van der Waals surface area contributed by atoms with Crippen LogP contribution in [-0.2, 0) is 4.79 Å². The molecule has 32 heavy (non-hydrogen) atoms. The fraction of sp³-hybridized carbons (Fsp3) is 0.125. The van der Waals surface area contributed by atoms with Crippen LogP contribution in [0.1, 0.15) is 11.5 Å². The highest BCUT2D eigenvalue weighted by Gasteiger charge is 2.41. The van der Waals surface area contributed by atoms with Gasteiger partial charge in [-0.25, -0.2) is 4.79 Å². The summed E-state index contributed by atoms with van der Waals surface area (Å²) in [5.41, 5.74) is 7.68. The van der Waals surface area contributed by atoms with Gasteiger partial charge in [-0.2, -0.15) is 5.26 Å². The highest BCUT2D eigenvalue weighted by atomic mass is 32.2. The van der Waals surface area contributed by atoms with Gasteiger partial charge in [0.25, 0.3) is 0 Å². The molecule has 8 heteroatoms. The van der Waals surface area contributed by atoms with Crippen molar-refractivity contribution >= 4 is 40.2 Å². The molecule has 1 aliphatic rings. The number of carbonyl (C=O) groups is 2. The Morgan fingerprint density at radius 1 is 1.06 bits per heavy atom. The Morgan fingerprint density at radius 2 is 1.78 bits per heavy atom. The predicted molar refractivity (Wildman–Crippen MR) is 125 cm³/mol. The number of ether oxygens (including phenoxy) is 1. The van der Waals surface area contributed by atoms with Gasteiger partial charge in [-0.15, -0.1) is 0 Å². The molecule has 4 rings (SSSR count). The van der Waals surface area contributed by atoms with E-state index in [1.54, 1.807) is 37.4 Å². The van der Waals surface area contributed by atoms with Crippen LogP contribution in [-0.4, -0.2) is 24.3 Å². The van der Waals surface area contributed by atoms with Crippen LogP contribution in [0, 0.1) is 11.3 Å². The highest BCUT2D eigenvalue weighted by Crippen LogP contribution is 2.45. The number of nitrogens with zero attached hydrogens (tertiary/aromatic N) is 1. The summed E-state index contributed by atoms with van der Waals surface area (Å²) in [6, 6.07) is 21.7. The summed E-state index contributed by atoms with van der Waals surface area (Å²) < 4.78 is 5.18. The minimum absolute atomic E-state index is 0.280. The summed E-state index contributed by atoms with van der Waals surface area (Å²) in [4.78, 5) is 25.6. The van der Waals surface area contributed by atoms with E-state index in [0.29, 0.717) is 17.0 Å². The monoisotopic (exact) mass is 444 g/mol. The molecule has 1 aliphatic heterocycles. The number of urea groups is 1. The lowest BCUT2D eigenvalue weighted by molar-refractivity contribution is -0.119. The number of carbonyl (C=O) groups excluding carboxylic acids is 2.